The average molecular weight is 435 g/mol. The van der Waals surface area contributed by atoms with Crippen molar-refractivity contribution in [1.82, 2.24) is 9.21 Å². The third-order valence-electron chi connectivity index (χ3n) is 7.24. The molecule has 0 unspecified atom stereocenters. The zero-order valence-corrected chi connectivity index (χ0v) is 18.2. The summed E-state index contributed by atoms with van der Waals surface area (Å²) in [4.78, 5) is 14.8. The molecule has 164 valence electrons. The summed E-state index contributed by atoms with van der Waals surface area (Å²) in [7, 11) is -3.57. The molecular weight excluding hydrogens is 404 g/mol. The van der Waals surface area contributed by atoms with Gasteiger partial charge < -0.3 is 14.4 Å². The third kappa shape index (κ3) is 3.91. The minimum Gasteiger partial charge on any atom is -0.486 e. The van der Waals surface area contributed by atoms with E-state index in [1.165, 1.54) is 12.8 Å². The monoisotopic (exact) mass is 434 g/mol. The highest BCUT2D eigenvalue weighted by atomic mass is 32.2. The van der Waals surface area contributed by atoms with Gasteiger partial charge in [0.05, 0.1) is 4.90 Å². The van der Waals surface area contributed by atoms with Crippen LogP contribution in [-0.2, 0) is 14.8 Å². The van der Waals surface area contributed by atoms with E-state index in [2.05, 4.69) is 4.90 Å². The first-order chi connectivity index (χ1) is 14.5. The van der Waals surface area contributed by atoms with Crippen molar-refractivity contribution in [3.8, 4) is 11.5 Å². The number of nitrogens with zero attached hydrogens (tertiary/aromatic N) is 2. The summed E-state index contributed by atoms with van der Waals surface area (Å²) in [6, 6.07) is 4.86. The minimum absolute atomic E-state index is 0.0901. The van der Waals surface area contributed by atoms with Crippen molar-refractivity contribution in [2.45, 2.75) is 49.8 Å². The number of rotatable bonds is 4. The fourth-order valence-corrected chi connectivity index (χ4v) is 6.45. The molecule has 1 spiro atoms. The molecule has 3 heterocycles. The number of likely N-dealkylation sites (tertiary alicyclic amines) is 1. The number of carbonyl (C=O) groups excluding carboxylic acids is 1. The smallest absolute Gasteiger partial charge is 0.243 e. The Morgan fingerprint density at radius 2 is 1.67 bits per heavy atom. The number of fused-ring (bicyclic) bond motifs is 1. The van der Waals surface area contributed by atoms with Crippen molar-refractivity contribution in [1.29, 1.82) is 0 Å². The van der Waals surface area contributed by atoms with Crippen LogP contribution in [0.25, 0.3) is 0 Å². The van der Waals surface area contributed by atoms with Gasteiger partial charge >= 0.3 is 0 Å². The molecule has 0 aromatic heterocycles. The summed E-state index contributed by atoms with van der Waals surface area (Å²) >= 11 is 0. The van der Waals surface area contributed by atoms with Crippen LogP contribution in [0.1, 0.15) is 44.9 Å². The van der Waals surface area contributed by atoms with Gasteiger partial charge in [-0.05, 0) is 62.0 Å². The van der Waals surface area contributed by atoms with Crippen LogP contribution in [0.4, 0.5) is 0 Å². The van der Waals surface area contributed by atoms with Gasteiger partial charge in [0.2, 0.25) is 15.9 Å². The van der Waals surface area contributed by atoms with E-state index in [0.717, 1.165) is 38.8 Å². The van der Waals surface area contributed by atoms with Gasteiger partial charge in [-0.3, -0.25) is 4.79 Å². The maximum atomic E-state index is 13.2. The molecule has 2 saturated heterocycles. The van der Waals surface area contributed by atoms with Crippen LogP contribution in [0, 0.1) is 11.3 Å². The molecule has 3 aliphatic heterocycles. The highest BCUT2D eigenvalue weighted by molar-refractivity contribution is 7.89. The molecule has 0 N–H and O–H groups in total. The molecule has 0 bridgehead atoms. The fourth-order valence-electron chi connectivity index (χ4n) is 4.99. The van der Waals surface area contributed by atoms with E-state index >= 15 is 0 Å². The SMILES string of the molecule is O=C1CCC2(CCN1CC1CC1)CCN(S(=O)(=O)c1ccc3c(c1)OCCO3)CC2. The van der Waals surface area contributed by atoms with Crippen molar-refractivity contribution in [3.63, 3.8) is 0 Å². The number of hydrogen-bond donors (Lipinski definition) is 0. The van der Waals surface area contributed by atoms with E-state index in [9.17, 15) is 13.2 Å². The van der Waals surface area contributed by atoms with Crippen LogP contribution in [-0.4, -0.2) is 62.9 Å². The van der Waals surface area contributed by atoms with Crippen molar-refractivity contribution >= 4 is 15.9 Å². The molecule has 1 aromatic rings. The largest absolute Gasteiger partial charge is 0.486 e. The third-order valence-corrected chi connectivity index (χ3v) is 9.14. The molecular formula is C22H30N2O5S. The lowest BCUT2D eigenvalue weighted by Crippen LogP contribution is -2.43. The first kappa shape index (κ1) is 20.1. The highest BCUT2D eigenvalue weighted by Gasteiger charge is 2.41. The number of benzene rings is 1. The Bertz CT molecular complexity index is 919. The van der Waals surface area contributed by atoms with E-state index < -0.39 is 10.0 Å². The Morgan fingerprint density at radius 1 is 0.967 bits per heavy atom. The summed E-state index contributed by atoms with van der Waals surface area (Å²) in [5.74, 6) is 2.08. The lowest BCUT2D eigenvalue weighted by molar-refractivity contribution is -0.130. The highest BCUT2D eigenvalue weighted by Crippen LogP contribution is 2.43. The van der Waals surface area contributed by atoms with Gasteiger partial charge in [-0.2, -0.15) is 4.31 Å². The standard InChI is InChI=1S/C22H30N2O5S/c25-21-5-6-22(7-10-23(21)16-17-1-2-17)8-11-24(12-9-22)30(26,27)18-3-4-19-20(15-18)29-14-13-28-19/h3-4,15,17H,1-2,5-14,16H2. The van der Waals surface area contributed by atoms with Crippen molar-refractivity contribution in [2.75, 3.05) is 39.4 Å². The van der Waals surface area contributed by atoms with Crippen LogP contribution >= 0.6 is 0 Å². The Labute approximate surface area is 178 Å². The molecule has 5 rings (SSSR count). The van der Waals surface area contributed by atoms with Gasteiger partial charge in [-0.15, -0.1) is 0 Å². The second kappa shape index (κ2) is 7.71. The van der Waals surface area contributed by atoms with Gasteiger partial charge in [-0.25, -0.2) is 8.42 Å². The van der Waals surface area contributed by atoms with E-state index in [0.29, 0.717) is 50.1 Å². The molecule has 3 fully saturated rings. The number of carbonyl (C=O) groups is 1. The minimum atomic E-state index is -3.57. The van der Waals surface area contributed by atoms with Crippen molar-refractivity contribution in [3.05, 3.63) is 18.2 Å². The molecule has 8 heteroatoms. The number of sulfonamides is 1. The average Bonchev–Trinajstić information content (AvgIpc) is 3.60. The normalized spacial score (nSPS) is 24.7. The van der Waals surface area contributed by atoms with E-state index in [1.807, 2.05) is 0 Å². The maximum Gasteiger partial charge on any atom is 0.243 e. The molecule has 4 aliphatic rings. The number of hydrogen-bond acceptors (Lipinski definition) is 5. The predicted octanol–water partition coefficient (Wildman–Crippen LogP) is 2.65. The van der Waals surface area contributed by atoms with E-state index in [1.54, 1.807) is 22.5 Å². The van der Waals surface area contributed by atoms with Crippen molar-refractivity contribution < 1.29 is 22.7 Å². The molecule has 1 aromatic carbocycles. The maximum absolute atomic E-state index is 13.2. The predicted molar refractivity (Wildman–Crippen MR) is 111 cm³/mol. The molecule has 30 heavy (non-hydrogen) atoms. The Hall–Kier alpha value is -1.80. The van der Waals surface area contributed by atoms with Crippen LogP contribution < -0.4 is 9.47 Å². The summed E-state index contributed by atoms with van der Waals surface area (Å²) < 4.78 is 39.1. The molecule has 7 nitrogen and oxygen atoms in total. The summed E-state index contributed by atoms with van der Waals surface area (Å²) in [5, 5.41) is 0. The summed E-state index contributed by atoms with van der Waals surface area (Å²) in [5.41, 5.74) is 0.0901. The number of amides is 1. The number of piperidine rings is 1. The van der Waals surface area contributed by atoms with Crippen LogP contribution in [0.3, 0.4) is 0 Å². The lowest BCUT2D eigenvalue weighted by atomic mass is 9.73. The molecule has 1 saturated carbocycles. The summed E-state index contributed by atoms with van der Waals surface area (Å²) in [6.45, 7) is 3.66. The van der Waals surface area contributed by atoms with Gasteiger partial charge in [-0.1, -0.05) is 0 Å². The van der Waals surface area contributed by atoms with Gasteiger partial charge in [0.15, 0.2) is 11.5 Å². The van der Waals surface area contributed by atoms with Crippen LogP contribution in [0.15, 0.2) is 23.1 Å². The fraction of sp³-hybridized carbons (Fsp3) is 0.682. The van der Waals surface area contributed by atoms with Crippen molar-refractivity contribution in [2.24, 2.45) is 11.3 Å². The van der Waals surface area contributed by atoms with Crippen LogP contribution in [0.5, 0.6) is 11.5 Å². The van der Waals surface area contributed by atoms with E-state index in [-0.39, 0.29) is 16.2 Å². The van der Waals surface area contributed by atoms with Crippen LogP contribution in [0.2, 0.25) is 0 Å². The second-order valence-electron chi connectivity index (χ2n) is 9.24. The van der Waals surface area contributed by atoms with E-state index in [4.69, 9.17) is 9.47 Å². The molecule has 1 aliphatic carbocycles. The van der Waals surface area contributed by atoms with Gasteiger partial charge in [0, 0.05) is 38.7 Å². The molecule has 0 radical (unpaired) electrons. The lowest BCUT2D eigenvalue weighted by Gasteiger charge is -2.40. The Morgan fingerprint density at radius 3 is 2.40 bits per heavy atom. The number of ether oxygens (including phenoxy) is 2. The summed E-state index contributed by atoms with van der Waals surface area (Å²) in [6.07, 6.45) is 6.61. The first-order valence-corrected chi connectivity index (χ1v) is 12.6. The zero-order valence-electron chi connectivity index (χ0n) is 17.3. The topological polar surface area (TPSA) is 76.2 Å². The quantitative estimate of drug-likeness (QED) is 0.728. The Balaban J connectivity index is 1.25. The second-order valence-corrected chi connectivity index (χ2v) is 11.2. The molecule has 0 atom stereocenters. The Kier molecular flexibility index (Phi) is 5.17. The van der Waals surface area contributed by atoms with Gasteiger partial charge in [0.25, 0.3) is 0 Å². The first-order valence-electron chi connectivity index (χ1n) is 11.1. The molecule has 1 amide bonds. The zero-order chi connectivity index (χ0) is 20.8. The van der Waals surface area contributed by atoms with Gasteiger partial charge in [0.1, 0.15) is 13.2 Å².